The third kappa shape index (κ3) is 4.25. The summed E-state index contributed by atoms with van der Waals surface area (Å²) in [6.07, 6.45) is 2.75. The Bertz CT molecular complexity index is 906. The van der Waals surface area contributed by atoms with Crippen molar-refractivity contribution in [3.8, 4) is 11.6 Å². The van der Waals surface area contributed by atoms with Gasteiger partial charge >= 0.3 is 0 Å². The molecule has 3 heterocycles. The van der Waals surface area contributed by atoms with Gasteiger partial charge in [-0.15, -0.1) is 0 Å². The molecule has 0 aliphatic heterocycles. The molecular weight excluding hydrogens is 334 g/mol. The molecule has 3 aromatic heterocycles. The van der Waals surface area contributed by atoms with E-state index in [1.807, 2.05) is 19.9 Å². The van der Waals surface area contributed by atoms with Crippen LogP contribution in [0, 0.1) is 0 Å². The molecule has 3 rings (SSSR count). The minimum atomic E-state index is -0.516. The number of ether oxygens (including phenoxy) is 3. The summed E-state index contributed by atoms with van der Waals surface area (Å²) in [5.41, 5.74) is 0.344. The van der Waals surface area contributed by atoms with E-state index in [1.54, 1.807) is 41.2 Å². The molecule has 0 aliphatic carbocycles. The maximum atomic E-state index is 12.4. The van der Waals surface area contributed by atoms with Gasteiger partial charge in [0.25, 0.3) is 5.56 Å². The Kier molecular flexibility index (Phi) is 5.93. The third-order valence-electron chi connectivity index (χ3n) is 3.70. The van der Waals surface area contributed by atoms with Gasteiger partial charge in [0.2, 0.25) is 5.88 Å². The van der Waals surface area contributed by atoms with Gasteiger partial charge < -0.3 is 14.2 Å². The largest absolute Gasteiger partial charge is 0.437 e. The molecule has 7 nitrogen and oxygen atoms in total. The molecule has 0 N–H and O–H groups in total. The van der Waals surface area contributed by atoms with E-state index >= 15 is 0 Å². The summed E-state index contributed by atoms with van der Waals surface area (Å²) in [6.45, 7) is 5.01. The zero-order valence-electron chi connectivity index (χ0n) is 14.8. The van der Waals surface area contributed by atoms with Crippen molar-refractivity contribution in [2.45, 2.75) is 26.7 Å². The van der Waals surface area contributed by atoms with Gasteiger partial charge in [-0.25, -0.2) is 0 Å². The fourth-order valence-corrected chi connectivity index (χ4v) is 2.58. The number of pyridine rings is 3. The predicted octanol–water partition coefficient (Wildman–Crippen LogP) is 2.98. The van der Waals surface area contributed by atoms with Gasteiger partial charge in [0.15, 0.2) is 6.29 Å². The van der Waals surface area contributed by atoms with Gasteiger partial charge in [0, 0.05) is 36.9 Å². The van der Waals surface area contributed by atoms with Gasteiger partial charge in [0.05, 0.1) is 12.7 Å². The lowest BCUT2D eigenvalue weighted by atomic mass is 10.3. The molecule has 0 fully saturated rings. The molecule has 0 radical (unpaired) electrons. The van der Waals surface area contributed by atoms with E-state index in [2.05, 4.69) is 9.97 Å². The highest BCUT2D eigenvalue weighted by atomic mass is 16.7. The maximum absolute atomic E-state index is 12.4. The highest BCUT2D eigenvalue weighted by molar-refractivity contribution is 5.75. The van der Waals surface area contributed by atoms with Crippen molar-refractivity contribution < 1.29 is 14.2 Å². The second kappa shape index (κ2) is 8.55. The number of aromatic nitrogens is 3. The fraction of sp³-hybridized carbons (Fsp3) is 0.316. The lowest BCUT2D eigenvalue weighted by molar-refractivity contribution is -0.143. The highest BCUT2D eigenvalue weighted by Crippen LogP contribution is 2.21. The molecule has 0 unspecified atom stereocenters. The van der Waals surface area contributed by atoms with Crippen molar-refractivity contribution in [2.75, 3.05) is 13.2 Å². The van der Waals surface area contributed by atoms with Crippen LogP contribution in [0.4, 0.5) is 0 Å². The van der Waals surface area contributed by atoms with E-state index in [0.29, 0.717) is 30.5 Å². The number of nitrogens with zero attached hydrogens (tertiary/aromatic N) is 3. The van der Waals surface area contributed by atoms with Crippen molar-refractivity contribution >= 4 is 11.0 Å². The first-order valence-corrected chi connectivity index (χ1v) is 8.53. The predicted molar refractivity (Wildman–Crippen MR) is 97.4 cm³/mol. The second-order valence-corrected chi connectivity index (χ2v) is 5.48. The number of fused-ring (bicyclic) bond motifs is 1. The highest BCUT2D eigenvalue weighted by Gasteiger charge is 2.14. The molecule has 136 valence electrons. The molecule has 3 aromatic rings. The second-order valence-electron chi connectivity index (χ2n) is 5.48. The quantitative estimate of drug-likeness (QED) is 0.578. The lowest BCUT2D eigenvalue weighted by Crippen LogP contribution is -2.30. The molecule has 0 saturated heterocycles. The molecule has 0 amide bonds. The maximum Gasteiger partial charge on any atom is 0.252 e. The van der Waals surface area contributed by atoms with Crippen molar-refractivity contribution in [2.24, 2.45) is 0 Å². The fourth-order valence-electron chi connectivity index (χ4n) is 2.58. The molecule has 0 bridgehead atoms. The smallest absolute Gasteiger partial charge is 0.252 e. The monoisotopic (exact) mass is 355 g/mol. The summed E-state index contributed by atoms with van der Waals surface area (Å²) in [5.74, 6) is 0.958. The van der Waals surface area contributed by atoms with Crippen LogP contribution >= 0.6 is 0 Å². The molecule has 0 saturated carbocycles. The van der Waals surface area contributed by atoms with Crippen LogP contribution in [0.5, 0.6) is 11.6 Å². The zero-order valence-corrected chi connectivity index (χ0v) is 14.8. The van der Waals surface area contributed by atoms with Crippen molar-refractivity contribution in [1.29, 1.82) is 0 Å². The molecule has 7 heteroatoms. The normalized spacial score (nSPS) is 11.2. The Balaban J connectivity index is 1.97. The van der Waals surface area contributed by atoms with E-state index in [1.165, 1.54) is 6.07 Å². The van der Waals surface area contributed by atoms with Gasteiger partial charge in [-0.1, -0.05) is 0 Å². The SMILES string of the molecule is CCOC(Cn1c(=O)ccc2ccc(Oc3cccnc3)nc21)OCC. The minimum absolute atomic E-state index is 0.173. The van der Waals surface area contributed by atoms with Gasteiger partial charge in [-0.05, 0) is 38.1 Å². The first-order valence-electron chi connectivity index (χ1n) is 8.53. The summed E-state index contributed by atoms with van der Waals surface area (Å²) >= 11 is 0. The number of rotatable bonds is 8. The standard InChI is InChI=1S/C19H21N3O4/c1-3-24-18(25-4-2)13-22-17(23)10-8-14-7-9-16(21-19(14)22)26-15-6-5-11-20-12-15/h5-12,18H,3-4,13H2,1-2H3. The van der Waals surface area contributed by atoms with E-state index < -0.39 is 6.29 Å². The molecule has 0 atom stereocenters. The Labute approximate surface area is 151 Å². The van der Waals surface area contributed by atoms with Crippen LogP contribution < -0.4 is 10.3 Å². The van der Waals surface area contributed by atoms with Gasteiger partial charge in [-0.2, -0.15) is 4.98 Å². The summed E-state index contributed by atoms with van der Waals surface area (Å²) in [5, 5.41) is 0.829. The average Bonchev–Trinajstić information content (AvgIpc) is 2.65. The number of hydrogen-bond acceptors (Lipinski definition) is 6. The summed E-state index contributed by atoms with van der Waals surface area (Å²) in [4.78, 5) is 20.9. The summed E-state index contributed by atoms with van der Waals surface area (Å²) < 4.78 is 18.4. The Hall–Kier alpha value is -2.77. The minimum Gasteiger partial charge on any atom is -0.437 e. The Morgan fingerprint density at radius 3 is 2.54 bits per heavy atom. The van der Waals surface area contributed by atoms with E-state index in [0.717, 1.165) is 5.39 Å². The molecule has 0 spiro atoms. The summed E-state index contributed by atoms with van der Waals surface area (Å²) in [6, 6.07) is 10.4. The Morgan fingerprint density at radius 2 is 1.85 bits per heavy atom. The number of hydrogen-bond donors (Lipinski definition) is 0. The molecule has 0 aromatic carbocycles. The van der Waals surface area contributed by atoms with Crippen LogP contribution in [-0.2, 0) is 16.0 Å². The van der Waals surface area contributed by atoms with E-state index in [4.69, 9.17) is 14.2 Å². The first-order chi connectivity index (χ1) is 12.7. The zero-order chi connectivity index (χ0) is 18.4. The van der Waals surface area contributed by atoms with Crippen molar-refractivity contribution in [1.82, 2.24) is 14.5 Å². The van der Waals surface area contributed by atoms with Crippen LogP contribution in [0.3, 0.4) is 0 Å². The first kappa shape index (κ1) is 18.0. The van der Waals surface area contributed by atoms with Crippen LogP contribution in [-0.4, -0.2) is 34.0 Å². The summed E-state index contributed by atoms with van der Waals surface area (Å²) in [7, 11) is 0. The molecule has 26 heavy (non-hydrogen) atoms. The third-order valence-corrected chi connectivity index (χ3v) is 3.70. The van der Waals surface area contributed by atoms with E-state index in [9.17, 15) is 4.79 Å². The van der Waals surface area contributed by atoms with Crippen molar-refractivity contribution in [3.63, 3.8) is 0 Å². The average molecular weight is 355 g/mol. The van der Waals surface area contributed by atoms with Crippen LogP contribution in [0.1, 0.15) is 13.8 Å². The van der Waals surface area contributed by atoms with Gasteiger partial charge in [-0.3, -0.25) is 14.3 Å². The van der Waals surface area contributed by atoms with Gasteiger partial charge in [0.1, 0.15) is 11.4 Å². The molecule has 0 aliphatic rings. The van der Waals surface area contributed by atoms with Crippen LogP contribution in [0.25, 0.3) is 11.0 Å². The lowest BCUT2D eigenvalue weighted by Gasteiger charge is -2.19. The van der Waals surface area contributed by atoms with Crippen LogP contribution in [0.2, 0.25) is 0 Å². The Morgan fingerprint density at radius 1 is 1.08 bits per heavy atom. The molecular formula is C19H21N3O4. The van der Waals surface area contributed by atoms with Crippen LogP contribution in [0.15, 0.2) is 53.6 Å². The van der Waals surface area contributed by atoms with Crippen molar-refractivity contribution in [3.05, 3.63) is 59.1 Å². The van der Waals surface area contributed by atoms with E-state index in [-0.39, 0.29) is 12.1 Å². The topological polar surface area (TPSA) is 75.5 Å².